The molecular weight excluding hydrogens is 269 g/mol. The standard InChI is InChI=1S/C14H21Cl2NO/c1-10(5-4-8-18)17-11(2)9-12-13(15)6-3-7-14(12)16/h3,6-7,10-11,17-18H,4-5,8-9H2,1-2H3. The number of hydrogen-bond donors (Lipinski definition) is 2. The first kappa shape index (κ1) is 15.8. The van der Waals surface area contributed by atoms with E-state index in [2.05, 4.69) is 19.2 Å². The third-order valence-electron chi connectivity index (χ3n) is 2.94. The molecule has 4 heteroatoms. The van der Waals surface area contributed by atoms with E-state index < -0.39 is 0 Å². The second kappa shape index (κ2) is 8.00. The van der Waals surface area contributed by atoms with Crippen molar-refractivity contribution in [2.24, 2.45) is 0 Å². The van der Waals surface area contributed by atoms with Gasteiger partial charge in [0.1, 0.15) is 0 Å². The third kappa shape index (κ3) is 5.15. The Morgan fingerprint density at radius 1 is 1.17 bits per heavy atom. The van der Waals surface area contributed by atoms with Crippen LogP contribution in [0.2, 0.25) is 10.0 Å². The molecule has 2 unspecified atom stereocenters. The summed E-state index contributed by atoms with van der Waals surface area (Å²) in [7, 11) is 0. The Kier molecular flexibility index (Phi) is 7.02. The first-order valence-electron chi connectivity index (χ1n) is 6.34. The van der Waals surface area contributed by atoms with Gasteiger partial charge in [0, 0.05) is 28.7 Å². The molecule has 2 atom stereocenters. The summed E-state index contributed by atoms with van der Waals surface area (Å²) in [6.07, 6.45) is 2.60. The Bertz CT molecular complexity index is 351. The molecular formula is C14H21Cl2NO. The Hall–Kier alpha value is -0.280. The van der Waals surface area contributed by atoms with Crippen LogP contribution in [-0.4, -0.2) is 23.8 Å². The van der Waals surface area contributed by atoms with Crippen molar-refractivity contribution in [1.29, 1.82) is 0 Å². The van der Waals surface area contributed by atoms with Gasteiger partial charge in [-0.2, -0.15) is 0 Å². The average molecular weight is 290 g/mol. The van der Waals surface area contributed by atoms with Crippen molar-refractivity contribution in [3.8, 4) is 0 Å². The van der Waals surface area contributed by atoms with Gasteiger partial charge < -0.3 is 10.4 Å². The molecule has 0 amide bonds. The summed E-state index contributed by atoms with van der Waals surface area (Å²) in [6, 6.07) is 6.27. The normalized spacial score (nSPS) is 14.5. The Labute approximate surface area is 119 Å². The van der Waals surface area contributed by atoms with E-state index in [9.17, 15) is 0 Å². The summed E-state index contributed by atoms with van der Waals surface area (Å²) in [4.78, 5) is 0. The van der Waals surface area contributed by atoms with Gasteiger partial charge in [0.2, 0.25) is 0 Å². The minimum atomic E-state index is 0.247. The van der Waals surface area contributed by atoms with Crippen LogP contribution < -0.4 is 5.32 Å². The summed E-state index contributed by atoms with van der Waals surface area (Å²) in [5, 5.41) is 13.7. The van der Waals surface area contributed by atoms with E-state index >= 15 is 0 Å². The van der Waals surface area contributed by atoms with Crippen molar-refractivity contribution in [2.45, 2.75) is 45.2 Å². The van der Waals surface area contributed by atoms with Crippen LogP contribution >= 0.6 is 23.2 Å². The summed E-state index contributed by atoms with van der Waals surface area (Å²) in [5.41, 5.74) is 0.996. The van der Waals surface area contributed by atoms with Crippen LogP contribution in [-0.2, 0) is 6.42 Å². The molecule has 1 aromatic carbocycles. The fourth-order valence-corrected chi connectivity index (χ4v) is 2.61. The summed E-state index contributed by atoms with van der Waals surface area (Å²) in [6.45, 7) is 4.49. The van der Waals surface area contributed by atoms with Crippen molar-refractivity contribution in [1.82, 2.24) is 5.32 Å². The lowest BCUT2D eigenvalue weighted by Gasteiger charge is -2.20. The van der Waals surface area contributed by atoms with E-state index in [4.69, 9.17) is 28.3 Å². The van der Waals surface area contributed by atoms with E-state index in [1.54, 1.807) is 0 Å². The van der Waals surface area contributed by atoms with Crippen molar-refractivity contribution in [3.05, 3.63) is 33.8 Å². The molecule has 18 heavy (non-hydrogen) atoms. The van der Waals surface area contributed by atoms with Gasteiger partial charge in [-0.25, -0.2) is 0 Å². The lowest BCUT2D eigenvalue weighted by atomic mass is 10.1. The maximum absolute atomic E-state index is 8.79. The average Bonchev–Trinajstić information content (AvgIpc) is 2.31. The molecule has 0 bridgehead atoms. The second-order valence-electron chi connectivity index (χ2n) is 4.74. The zero-order valence-corrected chi connectivity index (χ0v) is 12.4. The van der Waals surface area contributed by atoms with Gasteiger partial charge in [0.25, 0.3) is 0 Å². The fraction of sp³-hybridized carbons (Fsp3) is 0.571. The topological polar surface area (TPSA) is 32.3 Å². The van der Waals surface area contributed by atoms with Gasteiger partial charge in [-0.1, -0.05) is 29.3 Å². The van der Waals surface area contributed by atoms with Gasteiger partial charge in [0.15, 0.2) is 0 Å². The second-order valence-corrected chi connectivity index (χ2v) is 5.55. The minimum absolute atomic E-state index is 0.247. The number of aliphatic hydroxyl groups excluding tert-OH is 1. The van der Waals surface area contributed by atoms with Gasteiger partial charge >= 0.3 is 0 Å². The molecule has 2 nitrogen and oxygen atoms in total. The molecule has 0 aliphatic rings. The van der Waals surface area contributed by atoms with Gasteiger partial charge in [-0.3, -0.25) is 0 Å². The molecule has 102 valence electrons. The Balaban J connectivity index is 2.51. The quantitative estimate of drug-likeness (QED) is 0.803. The van der Waals surface area contributed by atoms with E-state index in [-0.39, 0.29) is 6.61 Å². The number of aliphatic hydroxyl groups is 1. The monoisotopic (exact) mass is 289 g/mol. The highest BCUT2D eigenvalue weighted by molar-refractivity contribution is 6.35. The van der Waals surface area contributed by atoms with Crippen LogP contribution in [0.4, 0.5) is 0 Å². The van der Waals surface area contributed by atoms with Gasteiger partial charge in [0.05, 0.1) is 0 Å². The lowest BCUT2D eigenvalue weighted by Crippen LogP contribution is -2.36. The predicted molar refractivity (Wildman–Crippen MR) is 78.5 cm³/mol. The molecule has 1 rings (SSSR count). The molecule has 0 aromatic heterocycles. The smallest absolute Gasteiger partial charge is 0.0453 e. The summed E-state index contributed by atoms with van der Waals surface area (Å²) < 4.78 is 0. The molecule has 1 aromatic rings. The Morgan fingerprint density at radius 2 is 1.78 bits per heavy atom. The first-order valence-corrected chi connectivity index (χ1v) is 7.10. The zero-order chi connectivity index (χ0) is 13.5. The molecule has 0 saturated carbocycles. The van der Waals surface area contributed by atoms with Crippen LogP contribution in [0.5, 0.6) is 0 Å². The number of hydrogen-bond acceptors (Lipinski definition) is 2. The van der Waals surface area contributed by atoms with Crippen LogP contribution in [0, 0.1) is 0 Å². The number of nitrogens with one attached hydrogen (secondary N) is 1. The van der Waals surface area contributed by atoms with E-state index in [0.717, 1.165) is 34.9 Å². The minimum Gasteiger partial charge on any atom is -0.396 e. The maximum Gasteiger partial charge on any atom is 0.0453 e. The summed E-state index contributed by atoms with van der Waals surface area (Å²) >= 11 is 12.3. The summed E-state index contributed by atoms with van der Waals surface area (Å²) in [5.74, 6) is 0. The van der Waals surface area contributed by atoms with E-state index in [0.29, 0.717) is 12.1 Å². The molecule has 0 aliphatic heterocycles. The van der Waals surface area contributed by atoms with Crippen molar-refractivity contribution in [3.63, 3.8) is 0 Å². The highest BCUT2D eigenvalue weighted by atomic mass is 35.5. The zero-order valence-electron chi connectivity index (χ0n) is 10.9. The van der Waals surface area contributed by atoms with Crippen LogP contribution in [0.3, 0.4) is 0 Å². The van der Waals surface area contributed by atoms with Crippen LogP contribution in [0.25, 0.3) is 0 Å². The first-order chi connectivity index (χ1) is 8.54. The molecule has 0 spiro atoms. The molecule has 0 heterocycles. The van der Waals surface area contributed by atoms with Crippen LogP contribution in [0.1, 0.15) is 32.3 Å². The van der Waals surface area contributed by atoms with Crippen molar-refractivity contribution < 1.29 is 5.11 Å². The number of rotatable bonds is 7. The van der Waals surface area contributed by atoms with Crippen LogP contribution in [0.15, 0.2) is 18.2 Å². The number of halogens is 2. The highest BCUT2D eigenvalue weighted by Crippen LogP contribution is 2.25. The van der Waals surface area contributed by atoms with Gasteiger partial charge in [-0.05, 0) is 50.8 Å². The van der Waals surface area contributed by atoms with Crippen molar-refractivity contribution >= 4 is 23.2 Å². The number of benzene rings is 1. The van der Waals surface area contributed by atoms with E-state index in [1.807, 2.05) is 18.2 Å². The van der Waals surface area contributed by atoms with E-state index in [1.165, 1.54) is 0 Å². The predicted octanol–water partition coefficient (Wildman–Crippen LogP) is 3.68. The fourth-order valence-electron chi connectivity index (χ4n) is 2.06. The molecule has 0 radical (unpaired) electrons. The largest absolute Gasteiger partial charge is 0.396 e. The SMILES string of the molecule is CC(CCCO)NC(C)Cc1c(Cl)cccc1Cl. The third-order valence-corrected chi connectivity index (χ3v) is 3.64. The Morgan fingerprint density at radius 3 is 2.33 bits per heavy atom. The molecule has 0 saturated heterocycles. The lowest BCUT2D eigenvalue weighted by molar-refractivity contribution is 0.274. The maximum atomic E-state index is 8.79. The molecule has 2 N–H and O–H groups in total. The van der Waals surface area contributed by atoms with Gasteiger partial charge in [-0.15, -0.1) is 0 Å². The molecule has 0 aliphatic carbocycles. The van der Waals surface area contributed by atoms with Crippen molar-refractivity contribution in [2.75, 3.05) is 6.61 Å². The molecule has 0 fully saturated rings. The highest BCUT2D eigenvalue weighted by Gasteiger charge is 2.12.